The van der Waals surface area contributed by atoms with Crippen molar-refractivity contribution in [2.24, 2.45) is 0 Å². The second kappa shape index (κ2) is 10.8. The molecule has 0 aliphatic carbocycles. The summed E-state index contributed by atoms with van der Waals surface area (Å²) in [5.74, 6) is 1.18. The number of ether oxygens (including phenoxy) is 2. The third-order valence-corrected chi connectivity index (χ3v) is 5.21. The number of carbonyl (C=O) groups is 2. The summed E-state index contributed by atoms with van der Waals surface area (Å²) in [5, 5.41) is 6.26. The van der Waals surface area contributed by atoms with Crippen molar-refractivity contribution in [2.45, 2.75) is 52.1 Å². The van der Waals surface area contributed by atoms with E-state index in [1.54, 1.807) is 7.11 Å². The standard InChI is InChI=1S/C21H32BrN3O4/c1-21(2,3)24-19(26)14-29-18-12-16(22)15(11-17(18)28-4)13-23-8-6-10-25-9-5-7-20(25)27/h11-12,23H,5-10,13-14H2,1-4H3,(H,24,26). The van der Waals surface area contributed by atoms with Crippen LogP contribution in [0.5, 0.6) is 11.5 Å². The lowest BCUT2D eigenvalue weighted by Gasteiger charge is -2.21. The molecule has 2 rings (SSSR count). The fraction of sp³-hybridized carbons (Fsp3) is 0.619. The number of methoxy groups -OCH3 is 1. The first-order valence-electron chi connectivity index (χ1n) is 9.98. The average Bonchev–Trinajstić information content (AvgIpc) is 3.04. The Morgan fingerprint density at radius 1 is 1.28 bits per heavy atom. The molecule has 0 atom stereocenters. The maximum absolute atomic E-state index is 12.0. The maximum atomic E-state index is 12.0. The maximum Gasteiger partial charge on any atom is 0.258 e. The molecule has 1 aliphatic rings. The summed E-state index contributed by atoms with van der Waals surface area (Å²) in [6, 6.07) is 3.72. The fourth-order valence-electron chi connectivity index (χ4n) is 3.14. The SMILES string of the molecule is COc1cc(CNCCCN2CCCC2=O)c(Br)cc1OCC(=O)NC(C)(C)C. The Morgan fingerprint density at radius 3 is 2.66 bits per heavy atom. The number of nitrogens with zero attached hydrogens (tertiary/aromatic N) is 1. The van der Waals surface area contributed by atoms with Crippen molar-refractivity contribution in [3.05, 3.63) is 22.2 Å². The van der Waals surface area contributed by atoms with Crippen molar-refractivity contribution in [1.29, 1.82) is 0 Å². The van der Waals surface area contributed by atoms with E-state index in [-0.39, 0.29) is 24.0 Å². The Balaban J connectivity index is 1.83. The molecule has 1 aromatic rings. The molecule has 0 aromatic heterocycles. The van der Waals surface area contributed by atoms with Gasteiger partial charge in [0.2, 0.25) is 5.91 Å². The lowest BCUT2D eigenvalue weighted by molar-refractivity contribution is -0.127. The number of hydrogen-bond donors (Lipinski definition) is 2. The van der Waals surface area contributed by atoms with E-state index in [0.29, 0.717) is 24.5 Å². The van der Waals surface area contributed by atoms with Crippen LogP contribution in [-0.4, -0.2) is 55.6 Å². The van der Waals surface area contributed by atoms with Gasteiger partial charge in [-0.3, -0.25) is 9.59 Å². The molecule has 1 heterocycles. The van der Waals surface area contributed by atoms with Gasteiger partial charge in [0.25, 0.3) is 5.91 Å². The van der Waals surface area contributed by atoms with Gasteiger partial charge in [0.1, 0.15) is 0 Å². The van der Waals surface area contributed by atoms with E-state index in [1.807, 2.05) is 37.8 Å². The van der Waals surface area contributed by atoms with Crippen LogP contribution < -0.4 is 20.1 Å². The third kappa shape index (κ3) is 7.85. The Labute approximate surface area is 181 Å². The minimum Gasteiger partial charge on any atom is -0.493 e. The van der Waals surface area contributed by atoms with Crippen LogP contribution >= 0.6 is 15.9 Å². The average molecular weight is 470 g/mol. The van der Waals surface area contributed by atoms with Crippen molar-refractivity contribution in [3.8, 4) is 11.5 Å². The predicted octanol–water partition coefficient (Wildman–Crippen LogP) is 2.85. The molecule has 0 radical (unpaired) electrons. The van der Waals surface area contributed by atoms with Gasteiger partial charge in [-0.2, -0.15) is 0 Å². The number of amides is 2. The summed E-state index contributed by atoms with van der Waals surface area (Å²) in [6.07, 6.45) is 2.59. The van der Waals surface area contributed by atoms with Crippen molar-refractivity contribution in [1.82, 2.24) is 15.5 Å². The molecule has 29 heavy (non-hydrogen) atoms. The summed E-state index contributed by atoms with van der Waals surface area (Å²) in [5.41, 5.74) is 0.730. The van der Waals surface area contributed by atoms with Crippen LogP contribution in [0.15, 0.2) is 16.6 Å². The van der Waals surface area contributed by atoms with Gasteiger partial charge in [-0.1, -0.05) is 15.9 Å². The van der Waals surface area contributed by atoms with E-state index in [4.69, 9.17) is 9.47 Å². The summed E-state index contributed by atoms with van der Waals surface area (Å²) < 4.78 is 12.0. The monoisotopic (exact) mass is 469 g/mol. The van der Waals surface area contributed by atoms with Crippen LogP contribution in [0.3, 0.4) is 0 Å². The minimum absolute atomic E-state index is 0.0765. The van der Waals surface area contributed by atoms with Gasteiger partial charge in [-0.15, -0.1) is 0 Å². The van der Waals surface area contributed by atoms with Gasteiger partial charge in [0.05, 0.1) is 7.11 Å². The van der Waals surface area contributed by atoms with Gasteiger partial charge < -0.3 is 25.0 Å². The number of carbonyl (C=O) groups excluding carboxylic acids is 2. The third-order valence-electron chi connectivity index (χ3n) is 4.47. The molecule has 2 N–H and O–H groups in total. The molecule has 0 unspecified atom stereocenters. The summed E-state index contributed by atoms with van der Waals surface area (Å²) >= 11 is 3.57. The van der Waals surface area contributed by atoms with Gasteiger partial charge in [0.15, 0.2) is 18.1 Å². The molecule has 162 valence electrons. The summed E-state index contributed by atoms with van der Waals surface area (Å²) in [4.78, 5) is 25.5. The molecular weight excluding hydrogens is 438 g/mol. The van der Waals surface area contributed by atoms with E-state index < -0.39 is 0 Å². The van der Waals surface area contributed by atoms with E-state index >= 15 is 0 Å². The largest absolute Gasteiger partial charge is 0.493 e. The number of likely N-dealkylation sites (tertiary alicyclic amines) is 1. The molecule has 2 amide bonds. The molecule has 1 fully saturated rings. The highest BCUT2D eigenvalue weighted by atomic mass is 79.9. The predicted molar refractivity (Wildman–Crippen MR) is 116 cm³/mol. The zero-order valence-electron chi connectivity index (χ0n) is 17.8. The Kier molecular flexibility index (Phi) is 8.77. The van der Waals surface area contributed by atoms with E-state index in [0.717, 1.165) is 42.5 Å². The molecule has 0 spiro atoms. The second-order valence-electron chi connectivity index (χ2n) is 8.20. The van der Waals surface area contributed by atoms with Gasteiger partial charge >= 0.3 is 0 Å². The Morgan fingerprint density at radius 2 is 2.03 bits per heavy atom. The van der Waals surface area contributed by atoms with Crippen LogP contribution in [0.2, 0.25) is 0 Å². The quantitative estimate of drug-likeness (QED) is 0.515. The van der Waals surface area contributed by atoms with E-state index in [1.165, 1.54) is 0 Å². The minimum atomic E-state index is -0.303. The molecule has 1 aromatic carbocycles. The van der Waals surface area contributed by atoms with Crippen LogP contribution in [0, 0.1) is 0 Å². The number of rotatable bonds is 10. The molecule has 0 bridgehead atoms. The van der Waals surface area contributed by atoms with Crippen molar-refractivity contribution in [2.75, 3.05) is 33.4 Å². The zero-order valence-corrected chi connectivity index (χ0v) is 19.4. The first-order chi connectivity index (χ1) is 13.7. The number of benzene rings is 1. The molecule has 8 heteroatoms. The van der Waals surface area contributed by atoms with E-state index in [2.05, 4.69) is 26.6 Å². The summed E-state index contributed by atoms with van der Waals surface area (Å²) in [6.45, 7) is 8.87. The smallest absolute Gasteiger partial charge is 0.258 e. The topological polar surface area (TPSA) is 79.9 Å². The lowest BCUT2D eigenvalue weighted by atomic mass is 10.1. The van der Waals surface area contributed by atoms with Crippen LogP contribution in [0.25, 0.3) is 0 Å². The highest BCUT2D eigenvalue weighted by Crippen LogP contribution is 2.33. The highest BCUT2D eigenvalue weighted by Gasteiger charge is 2.19. The van der Waals surface area contributed by atoms with Gasteiger partial charge in [-0.05, 0) is 57.9 Å². The van der Waals surface area contributed by atoms with Crippen LogP contribution in [0.4, 0.5) is 0 Å². The molecule has 1 saturated heterocycles. The van der Waals surface area contributed by atoms with Crippen LogP contribution in [-0.2, 0) is 16.1 Å². The second-order valence-corrected chi connectivity index (χ2v) is 9.05. The first-order valence-corrected chi connectivity index (χ1v) is 10.8. The Bertz CT molecular complexity index is 719. The van der Waals surface area contributed by atoms with Gasteiger partial charge in [-0.25, -0.2) is 0 Å². The molecule has 7 nitrogen and oxygen atoms in total. The van der Waals surface area contributed by atoms with Crippen LogP contribution in [0.1, 0.15) is 45.6 Å². The highest BCUT2D eigenvalue weighted by molar-refractivity contribution is 9.10. The normalized spacial score (nSPS) is 14.2. The van der Waals surface area contributed by atoms with Crippen molar-refractivity contribution < 1.29 is 19.1 Å². The Hall–Kier alpha value is -1.80. The number of hydrogen-bond acceptors (Lipinski definition) is 5. The van der Waals surface area contributed by atoms with Gasteiger partial charge in [0, 0.05) is 36.1 Å². The fourth-order valence-corrected chi connectivity index (χ4v) is 3.60. The molecule has 0 saturated carbocycles. The lowest BCUT2D eigenvalue weighted by Crippen LogP contribution is -2.43. The van der Waals surface area contributed by atoms with Crippen molar-refractivity contribution >= 4 is 27.7 Å². The molecule has 1 aliphatic heterocycles. The first kappa shape index (κ1) is 23.5. The van der Waals surface area contributed by atoms with E-state index in [9.17, 15) is 9.59 Å². The number of halogens is 1. The summed E-state index contributed by atoms with van der Waals surface area (Å²) in [7, 11) is 1.58. The number of nitrogens with one attached hydrogen (secondary N) is 2. The van der Waals surface area contributed by atoms with Crippen molar-refractivity contribution in [3.63, 3.8) is 0 Å². The zero-order chi connectivity index (χ0) is 21.4. The molecular formula is C21H32BrN3O4.